The van der Waals surface area contributed by atoms with Gasteiger partial charge in [-0.05, 0) is 45.2 Å². The molecule has 0 heterocycles. The molecule has 0 saturated heterocycles. The van der Waals surface area contributed by atoms with Gasteiger partial charge in [-0.3, -0.25) is 4.79 Å². The van der Waals surface area contributed by atoms with Crippen LogP contribution in [-0.4, -0.2) is 30.4 Å². The first-order chi connectivity index (χ1) is 8.63. The predicted molar refractivity (Wildman–Crippen MR) is 75.1 cm³/mol. The van der Waals surface area contributed by atoms with Crippen LogP contribution in [0.3, 0.4) is 0 Å². The fourth-order valence-electron chi connectivity index (χ4n) is 2.31. The molecule has 1 amide bonds. The van der Waals surface area contributed by atoms with Gasteiger partial charge >= 0.3 is 0 Å². The summed E-state index contributed by atoms with van der Waals surface area (Å²) in [7, 11) is 1.92. The molecule has 0 radical (unpaired) electrons. The average molecular weight is 246 g/mol. The molecule has 2 rings (SSSR count). The van der Waals surface area contributed by atoms with E-state index in [0.717, 1.165) is 36.2 Å². The Morgan fingerprint density at radius 2 is 2.17 bits per heavy atom. The molecule has 0 aliphatic heterocycles. The van der Waals surface area contributed by atoms with Gasteiger partial charge < -0.3 is 10.2 Å². The van der Waals surface area contributed by atoms with Crippen molar-refractivity contribution in [3.05, 3.63) is 29.3 Å². The van der Waals surface area contributed by atoms with Crippen LogP contribution < -0.4 is 5.32 Å². The van der Waals surface area contributed by atoms with Crippen LogP contribution in [0.25, 0.3) is 0 Å². The molecule has 1 aromatic rings. The van der Waals surface area contributed by atoms with Gasteiger partial charge in [-0.25, -0.2) is 0 Å². The number of nitrogens with one attached hydrogen (secondary N) is 1. The molecule has 1 N–H and O–H groups in total. The second kappa shape index (κ2) is 5.42. The lowest BCUT2D eigenvalue weighted by Gasteiger charge is -2.35. The van der Waals surface area contributed by atoms with Crippen LogP contribution in [0, 0.1) is 6.92 Å². The van der Waals surface area contributed by atoms with E-state index >= 15 is 0 Å². The maximum Gasteiger partial charge on any atom is 0.255 e. The van der Waals surface area contributed by atoms with Gasteiger partial charge in [0.2, 0.25) is 0 Å². The summed E-state index contributed by atoms with van der Waals surface area (Å²) in [4.78, 5) is 14.4. The van der Waals surface area contributed by atoms with Gasteiger partial charge in [0.25, 0.3) is 5.91 Å². The molecule has 0 aromatic heterocycles. The normalized spacial score (nSPS) is 15.1. The molecule has 0 spiro atoms. The Morgan fingerprint density at radius 3 is 2.72 bits per heavy atom. The van der Waals surface area contributed by atoms with Crippen molar-refractivity contribution in [1.29, 1.82) is 0 Å². The highest BCUT2D eigenvalue weighted by atomic mass is 16.2. The molecule has 1 aliphatic carbocycles. The number of benzene rings is 1. The highest BCUT2D eigenvalue weighted by Crippen LogP contribution is 2.27. The maximum absolute atomic E-state index is 12.5. The fraction of sp³-hybridized carbons (Fsp3) is 0.533. The third-order valence-electron chi connectivity index (χ3n) is 3.72. The number of hydrogen-bond donors (Lipinski definition) is 1. The highest BCUT2D eigenvalue weighted by molar-refractivity contribution is 5.99. The summed E-state index contributed by atoms with van der Waals surface area (Å²) in [5.74, 6) is 0.138. The van der Waals surface area contributed by atoms with E-state index in [1.54, 1.807) is 0 Å². The van der Waals surface area contributed by atoms with Gasteiger partial charge in [-0.1, -0.05) is 11.6 Å². The minimum Gasteiger partial charge on any atom is -0.385 e. The van der Waals surface area contributed by atoms with Crippen molar-refractivity contribution in [3.8, 4) is 0 Å². The van der Waals surface area contributed by atoms with Gasteiger partial charge in [0.1, 0.15) is 0 Å². The van der Waals surface area contributed by atoms with Crippen LogP contribution in [0.2, 0.25) is 0 Å². The van der Waals surface area contributed by atoms with Crippen molar-refractivity contribution in [2.24, 2.45) is 0 Å². The summed E-state index contributed by atoms with van der Waals surface area (Å²) in [6.45, 7) is 4.90. The summed E-state index contributed by atoms with van der Waals surface area (Å²) in [6, 6.07) is 6.46. The molecule has 98 valence electrons. The highest BCUT2D eigenvalue weighted by Gasteiger charge is 2.27. The van der Waals surface area contributed by atoms with Gasteiger partial charge in [0, 0.05) is 25.3 Å². The Morgan fingerprint density at radius 1 is 1.44 bits per heavy atom. The molecule has 0 unspecified atom stereocenters. The first kappa shape index (κ1) is 12.9. The van der Waals surface area contributed by atoms with Gasteiger partial charge in [-0.2, -0.15) is 0 Å². The van der Waals surface area contributed by atoms with E-state index in [1.807, 2.05) is 44.0 Å². The summed E-state index contributed by atoms with van der Waals surface area (Å²) < 4.78 is 0. The summed E-state index contributed by atoms with van der Waals surface area (Å²) in [5, 5.41) is 3.27. The number of anilines is 1. The van der Waals surface area contributed by atoms with Crippen LogP contribution in [0.5, 0.6) is 0 Å². The van der Waals surface area contributed by atoms with E-state index in [2.05, 4.69) is 5.32 Å². The van der Waals surface area contributed by atoms with Crippen molar-refractivity contribution in [2.45, 2.75) is 39.2 Å². The number of hydrogen-bond acceptors (Lipinski definition) is 2. The van der Waals surface area contributed by atoms with E-state index in [-0.39, 0.29) is 5.91 Å². The molecule has 0 bridgehead atoms. The average Bonchev–Trinajstić information content (AvgIpc) is 2.28. The number of amides is 1. The smallest absolute Gasteiger partial charge is 0.255 e. The summed E-state index contributed by atoms with van der Waals surface area (Å²) in [5.41, 5.74) is 2.87. The molecule has 3 heteroatoms. The summed E-state index contributed by atoms with van der Waals surface area (Å²) in [6.07, 6.45) is 3.53. The van der Waals surface area contributed by atoms with Gasteiger partial charge in [0.15, 0.2) is 0 Å². The van der Waals surface area contributed by atoms with Crippen molar-refractivity contribution in [1.82, 2.24) is 4.90 Å². The fourth-order valence-corrected chi connectivity index (χ4v) is 2.31. The Labute approximate surface area is 109 Å². The first-order valence-electron chi connectivity index (χ1n) is 6.75. The largest absolute Gasteiger partial charge is 0.385 e. The van der Waals surface area contributed by atoms with E-state index in [1.165, 1.54) is 6.42 Å². The number of carbonyl (C=O) groups is 1. The quantitative estimate of drug-likeness (QED) is 0.885. The van der Waals surface area contributed by atoms with Crippen molar-refractivity contribution in [3.63, 3.8) is 0 Å². The lowest BCUT2D eigenvalue weighted by atomic mass is 9.91. The topological polar surface area (TPSA) is 32.3 Å². The van der Waals surface area contributed by atoms with Gasteiger partial charge in [-0.15, -0.1) is 0 Å². The lowest BCUT2D eigenvalue weighted by molar-refractivity contribution is 0.0653. The van der Waals surface area contributed by atoms with E-state index in [9.17, 15) is 4.79 Å². The second-order valence-electron chi connectivity index (χ2n) is 5.08. The lowest BCUT2D eigenvalue weighted by Crippen LogP contribution is -2.41. The molecule has 1 fully saturated rings. The maximum atomic E-state index is 12.5. The minimum atomic E-state index is 0.138. The van der Waals surface area contributed by atoms with Crippen molar-refractivity contribution < 1.29 is 4.79 Å². The van der Waals surface area contributed by atoms with Crippen molar-refractivity contribution >= 4 is 11.6 Å². The first-order valence-corrected chi connectivity index (χ1v) is 6.75. The van der Waals surface area contributed by atoms with Crippen LogP contribution in [0.15, 0.2) is 18.2 Å². The van der Waals surface area contributed by atoms with E-state index in [0.29, 0.717) is 6.04 Å². The van der Waals surface area contributed by atoms with Crippen LogP contribution in [-0.2, 0) is 0 Å². The third-order valence-corrected chi connectivity index (χ3v) is 3.72. The van der Waals surface area contributed by atoms with E-state index in [4.69, 9.17) is 0 Å². The number of carbonyl (C=O) groups excluding carboxylic acids is 1. The predicted octanol–water partition coefficient (Wildman–Crippen LogP) is 3.05. The molecule has 3 nitrogen and oxygen atoms in total. The zero-order valence-corrected chi connectivity index (χ0v) is 11.5. The number of rotatable bonds is 4. The molecule has 18 heavy (non-hydrogen) atoms. The van der Waals surface area contributed by atoms with Crippen LogP contribution in [0.4, 0.5) is 5.69 Å². The molecular formula is C15H22N2O. The molecule has 0 atom stereocenters. The minimum absolute atomic E-state index is 0.138. The van der Waals surface area contributed by atoms with E-state index < -0.39 is 0 Å². The van der Waals surface area contributed by atoms with Crippen LogP contribution in [0.1, 0.15) is 42.1 Å². The second-order valence-corrected chi connectivity index (χ2v) is 5.08. The monoisotopic (exact) mass is 246 g/mol. The number of aryl methyl sites for hydroxylation is 1. The zero-order valence-electron chi connectivity index (χ0n) is 11.5. The molecule has 1 aromatic carbocycles. The molecule has 1 aliphatic rings. The van der Waals surface area contributed by atoms with Gasteiger partial charge in [0.05, 0.1) is 5.56 Å². The van der Waals surface area contributed by atoms with Crippen molar-refractivity contribution in [2.75, 3.05) is 18.9 Å². The Hall–Kier alpha value is -1.51. The Balaban J connectivity index is 2.24. The third kappa shape index (κ3) is 2.50. The molecular weight excluding hydrogens is 224 g/mol. The van der Waals surface area contributed by atoms with Crippen LogP contribution >= 0.6 is 0 Å². The summed E-state index contributed by atoms with van der Waals surface area (Å²) >= 11 is 0. The zero-order chi connectivity index (χ0) is 13.1. The Kier molecular flexibility index (Phi) is 3.90. The Bertz CT molecular complexity index is 438. The standard InChI is InChI=1S/C15H22N2O/c1-4-16-14-9-8-11(2)10-13(14)15(18)17(3)12-6-5-7-12/h8-10,12,16H,4-7H2,1-3H3. The SMILES string of the molecule is CCNc1ccc(C)cc1C(=O)N(C)C1CCC1. The number of nitrogens with zero attached hydrogens (tertiary/aromatic N) is 1. The molecule has 1 saturated carbocycles.